The molecule has 0 unspecified atom stereocenters. The van der Waals surface area contributed by atoms with Crippen LogP contribution in [-0.2, 0) is 17.7 Å². The van der Waals surface area contributed by atoms with E-state index >= 15 is 0 Å². The summed E-state index contributed by atoms with van der Waals surface area (Å²) in [6.45, 7) is 16.8. The molecule has 168 valence electrons. The van der Waals surface area contributed by atoms with Crippen molar-refractivity contribution in [2.45, 2.75) is 74.0 Å². The fourth-order valence-electron chi connectivity index (χ4n) is 5.16. The van der Waals surface area contributed by atoms with Gasteiger partial charge in [0.05, 0.1) is 23.7 Å². The predicted octanol–water partition coefficient (Wildman–Crippen LogP) is 7.47. The highest BCUT2D eigenvalue weighted by molar-refractivity contribution is 6.10. The zero-order valence-electron chi connectivity index (χ0n) is 20.7. The summed E-state index contributed by atoms with van der Waals surface area (Å²) < 4.78 is 8.42. The van der Waals surface area contributed by atoms with Crippen molar-refractivity contribution in [1.29, 1.82) is 0 Å². The van der Waals surface area contributed by atoms with Crippen LogP contribution in [0, 0.1) is 27.7 Å². The third kappa shape index (κ3) is 4.06. The summed E-state index contributed by atoms with van der Waals surface area (Å²) >= 11 is 0. The Morgan fingerprint density at radius 3 is 2.34 bits per heavy atom. The van der Waals surface area contributed by atoms with Gasteiger partial charge in [0.1, 0.15) is 0 Å². The number of para-hydroxylation sites is 1. The predicted molar refractivity (Wildman–Crippen MR) is 137 cm³/mol. The van der Waals surface area contributed by atoms with Crippen LogP contribution in [0.3, 0.4) is 0 Å². The number of rotatable bonds is 7. The molecule has 2 aromatic heterocycles. The summed E-state index contributed by atoms with van der Waals surface area (Å²) in [4.78, 5) is 5.16. The number of benzene rings is 2. The summed E-state index contributed by atoms with van der Waals surface area (Å²) in [7, 11) is 0. The van der Waals surface area contributed by atoms with Crippen LogP contribution < -0.4 is 0 Å². The lowest BCUT2D eigenvalue weighted by molar-refractivity contribution is 0.0730. The van der Waals surface area contributed by atoms with Crippen molar-refractivity contribution in [3.63, 3.8) is 0 Å². The number of fused-ring (bicyclic) bond motifs is 3. The van der Waals surface area contributed by atoms with E-state index in [2.05, 4.69) is 89.4 Å². The monoisotopic (exact) mass is 428 g/mol. The molecule has 4 aromatic rings. The van der Waals surface area contributed by atoms with E-state index in [4.69, 9.17) is 9.72 Å². The Hall–Kier alpha value is -2.65. The van der Waals surface area contributed by atoms with Crippen LogP contribution in [0.25, 0.3) is 32.9 Å². The molecule has 4 rings (SSSR count). The maximum absolute atomic E-state index is 5.94. The van der Waals surface area contributed by atoms with E-state index in [-0.39, 0.29) is 6.10 Å². The van der Waals surface area contributed by atoms with Crippen LogP contribution in [0.1, 0.15) is 55.3 Å². The summed E-state index contributed by atoms with van der Waals surface area (Å²) in [5, 5.41) is 2.49. The number of aryl methyl sites for hydroxylation is 5. The van der Waals surface area contributed by atoms with Gasteiger partial charge in [-0.25, -0.2) is 0 Å². The highest BCUT2D eigenvalue weighted by atomic mass is 16.5. The fraction of sp³-hybridized carbons (Fsp3) is 0.414. The van der Waals surface area contributed by atoms with Gasteiger partial charge in [-0.1, -0.05) is 49.2 Å². The van der Waals surface area contributed by atoms with Crippen LogP contribution in [0.5, 0.6) is 0 Å². The molecule has 3 nitrogen and oxygen atoms in total. The van der Waals surface area contributed by atoms with Gasteiger partial charge in [-0.05, 0) is 70.7 Å². The van der Waals surface area contributed by atoms with E-state index in [1.807, 2.05) is 0 Å². The van der Waals surface area contributed by atoms with E-state index in [1.165, 1.54) is 49.8 Å². The third-order valence-corrected chi connectivity index (χ3v) is 6.36. The van der Waals surface area contributed by atoms with Gasteiger partial charge in [0, 0.05) is 34.3 Å². The van der Waals surface area contributed by atoms with Gasteiger partial charge in [-0.3, -0.25) is 4.98 Å². The van der Waals surface area contributed by atoms with Crippen molar-refractivity contribution in [3.05, 3.63) is 64.5 Å². The minimum Gasteiger partial charge on any atom is -0.377 e. The van der Waals surface area contributed by atoms with Crippen LogP contribution >= 0.6 is 0 Å². The highest BCUT2D eigenvalue weighted by Gasteiger charge is 2.18. The van der Waals surface area contributed by atoms with E-state index in [1.54, 1.807) is 0 Å². The molecule has 0 saturated carbocycles. The second kappa shape index (κ2) is 9.07. The Morgan fingerprint density at radius 2 is 1.69 bits per heavy atom. The van der Waals surface area contributed by atoms with E-state index in [9.17, 15) is 0 Å². The molecular formula is C29H36N2O. The van der Waals surface area contributed by atoms with Crippen LogP contribution in [0.15, 0.2) is 36.4 Å². The summed E-state index contributed by atoms with van der Waals surface area (Å²) in [5.41, 5.74) is 11.3. The van der Waals surface area contributed by atoms with E-state index in [0.717, 1.165) is 37.2 Å². The van der Waals surface area contributed by atoms with Crippen molar-refractivity contribution in [2.75, 3.05) is 6.61 Å². The Bertz CT molecular complexity index is 1260. The lowest BCUT2D eigenvalue weighted by atomic mass is 9.92. The van der Waals surface area contributed by atoms with Crippen molar-refractivity contribution in [2.24, 2.45) is 0 Å². The topological polar surface area (TPSA) is 27.1 Å². The number of ether oxygens (including phenoxy) is 1. The molecule has 0 aliphatic heterocycles. The summed E-state index contributed by atoms with van der Waals surface area (Å²) in [5.74, 6) is 0. The minimum atomic E-state index is 0.241. The molecule has 2 aromatic carbocycles. The summed E-state index contributed by atoms with van der Waals surface area (Å²) in [6, 6.07) is 13.6. The molecule has 0 amide bonds. The Kier molecular flexibility index (Phi) is 6.39. The maximum Gasteiger partial charge on any atom is 0.0805 e. The minimum absolute atomic E-state index is 0.241. The maximum atomic E-state index is 5.94. The summed E-state index contributed by atoms with van der Waals surface area (Å²) in [6.07, 6.45) is 2.43. The zero-order valence-corrected chi connectivity index (χ0v) is 20.7. The van der Waals surface area contributed by atoms with Crippen molar-refractivity contribution in [3.8, 4) is 11.1 Å². The van der Waals surface area contributed by atoms with E-state index in [0.29, 0.717) is 0 Å². The number of nitrogens with zero attached hydrogens (tertiary/aromatic N) is 2. The Labute approximate surface area is 192 Å². The third-order valence-electron chi connectivity index (χ3n) is 6.36. The first-order valence-corrected chi connectivity index (χ1v) is 11.9. The molecule has 0 fully saturated rings. The Morgan fingerprint density at radius 1 is 0.969 bits per heavy atom. The number of aromatic nitrogens is 2. The first-order chi connectivity index (χ1) is 15.3. The molecule has 3 heteroatoms. The molecular weight excluding hydrogens is 392 g/mol. The van der Waals surface area contributed by atoms with Crippen LogP contribution in [-0.4, -0.2) is 22.3 Å². The largest absolute Gasteiger partial charge is 0.377 e. The van der Waals surface area contributed by atoms with Crippen molar-refractivity contribution in [1.82, 2.24) is 9.55 Å². The second-order valence-electron chi connectivity index (χ2n) is 9.39. The molecule has 32 heavy (non-hydrogen) atoms. The number of hydrogen-bond donors (Lipinski definition) is 0. The average Bonchev–Trinajstić information content (AvgIpc) is 3.07. The number of pyridine rings is 1. The Balaban J connectivity index is 2.00. The smallest absolute Gasteiger partial charge is 0.0805 e. The van der Waals surface area contributed by atoms with Gasteiger partial charge < -0.3 is 9.30 Å². The van der Waals surface area contributed by atoms with Gasteiger partial charge in [0.15, 0.2) is 0 Å². The lowest BCUT2D eigenvalue weighted by Gasteiger charge is -2.17. The van der Waals surface area contributed by atoms with Gasteiger partial charge in [0.25, 0.3) is 0 Å². The normalized spacial score (nSPS) is 11.9. The zero-order chi connectivity index (χ0) is 23.0. The molecule has 0 N–H and O–H groups in total. The van der Waals surface area contributed by atoms with Crippen molar-refractivity contribution >= 4 is 21.8 Å². The molecule has 0 radical (unpaired) electrons. The molecule has 2 heterocycles. The number of hydrogen-bond acceptors (Lipinski definition) is 2. The molecule has 0 aliphatic rings. The SMILES string of the molecule is CCCc1cc2c(C)nc3c(-c4c(C)cc(C)cc4C)cccc3c2n1CCOC(C)C. The first-order valence-electron chi connectivity index (χ1n) is 11.9. The van der Waals surface area contributed by atoms with Gasteiger partial charge in [-0.2, -0.15) is 0 Å². The molecule has 0 aliphatic carbocycles. The van der Waals surface area contributed by atoms with Crippen LogP contribution in [0.4, 0.5) is 0 Å². The van der Waals surface area contributed by atoms with Gasteiger partial charge >= 0.3 is 0 Å². The standard InChI is InChI=1S/C29H36N2O/c1-8-10-23-17-26-22(7)30-28-24(27-20(5)15-19(4)16-21(27)6)11-9-12-25(28)29(26)31(23)13-14-32-18(2)3/h9,11-12,15-18H,8,10,13-14H2,1-7H3. The fourth-order valence-corrected chi connectivity index (χ4v) is 5.16. The van der Waals surface area contributed by atoms with Gasteiger partial charge in [-0.15, -0.1) is 0 Å². The first kappa shape index (κ1) is 22.5. The molecule has 0 spiro atoms. The van der Waals surface area contributed by atoms with Crippen molar-refractivity contribution < 1.29 is 4.74 Å². The second-order valence-corrected chi connectivity index (χ2v) is 9.39. The lowest BCUT2D eigenvalue weighted by Crippen LogP contribution is -2.12. The molecule has 0 saturated heterocycles. The quantitative estimate of drug-likeness (QED) is 0.305. The van der Waals surface area contributed by atoms with Crippen LogP contribution in [0.2, 0.25) is 0 Å². The highest BCUT2D eigenvalue weighted by Crippen LogP contribution is 2.37. The molecule has 0 atom stereocenters. The average molecular weight is 429 g/mol. The van der Waals surface area contributed by atoms with E-state index < -0.39 is 0 Å². The van der Waals surface area contributed by atoms with Gasteiger partial charge in [0.2, 0.25) is 0 Å². The molecule has 0 bridgehead atoms.